The Morgan fingerprint density at radius 1 is 1.25 bits per heavy atom. The third kappa shape index (κ3) is 2.45. The normalized spacial score (nSPS) is 10.6. The Bertz CT molecular complexity index is 447. The van der Waals surface area contributed by atoms with E-state index >= 15 is 0 Å². The van der Waals surface area contributed by atoms with Crippen molar-refractivity contribution in [1.29, 1.82) is 0 Å². The Hall–Kier alpha value is -1.28. The Kier molecular flexibility index (Phi) is 3.62. The van der Waals surface area contributed by atoms with E-state index in [2.05, 4.69) is 36.2 Å². The summed E-state index contributed by atoms with van der Waals surface area (Å²) in [6.45, 7) is 2.14. The molecule has 0 saturated heterocycles. The van der Waals surface area contributed by atoms with Crippen LogP contribution in [0.2, 0.25) is 0 Å². The molecule has 84 valence electrons. The molecule has 0 atom stereocenters. The van der Waals surface area contributed by atoms with Gasteiger partial charge in [-0.15, -0.1) is 11.6 Å². The van der Waals surface area contributed by atoms with Gasteiger partial charge in [-0.05, 0) is 12.0 Å². The van der Waals surface area contributed by atoms with E-state index in [9.17, 15) is 0 Å². The standard InChI is InChI=1S/C13H14ClNO/c1-2-10-3-5-11(6-4-10)12-9-15-13(16-12)7-8-14/h3-6,9H,2,7-8H2,1H3. The van der Waals surface area contributed by atoms with Gasteiger partial charge < -0.3 is 4.42 Å². The molecule has 3 heteroatoms. The zero-order chi connectivity index (χ0) is 11.4. The molecule has 0 amide bonds. The van der Waals surface area contributed by atoms with Crippen LogP contribution in [0.3, 0.4) is 0 Å². The van der Waals surface area contributed by atoms with E-state index < -0.39 is 0 Å². The van der Waals surface area contributed by atoms with Crippen molar-refractivity contribution in [2.75, 3.05) is 5.88 Å². The number of aryl methyl sites for hydroxylation is 2. The van der Waals surface area contributed by atoms with Crippen LogP contribution in [0.25, 0.3) is 11.3 Å². The molecule has 0 aliphatic carbocycles. The van der Waals surface area contributed by atoms with Gasteiger partial charge in [0.2, 0.25) is 0 Å². The summed E-state index contributed by atoms with van der Waals surface area (Å²) in [7, 11) is 0. The van der Waals surface area contributed by atoms with Crippen molar-refractivity contribution in [1.82, 2.24) is 4.98 Å². The van der Waals surface area contributed by atoms with Gasteiger partial charge in [-0.2, -0.15) is 0 Å². The van der Waals surface area contributed by atoms with Crippen molar-refractivity contribution >= 4 is 11.6 Å². The van der Waals surface area contributed by atoms with E-state index in [1.54, 1.807) is 6.20 Å². The summed E-state index contributed by atoms with van der Waals surface area (Å²) in [4.78, 5) is 4.17. The second-order valence-electron chi connectivity index (χ2n) is 3.61. The predicted octanol–water partition coefficient (Wildman–Crippen LogP) is 3.69. The van der Waals surface area contributed by atoms with Crippen LogP contribution in [0.15, 0.2) is 34.9 Å². The molecule has 0 aliphatic rings. The van der Waals surface area contributed by atoms with Gasteiger partial charge in [-0.25, -0.2) is 4.98 Å². The summed E-state index contributed by atoms with van der Waals surface area (Å²) in [6, 6.07) is 8.34. The van der Waals surface area contributed by atoms with Crippen molar-refractivity contribution in [3.8, 4) is 11.3 Å². The summed E-state index contributed by atoms with van der Waals surface area (Å²) in [5, 5.41) is 0. The van der Waals surface area contributed by atoms with Crippen LogP contribution >= 0.6 is 11.6 Å². The highest BCUT2D eigenvalue weighted by Crippen LogP contribution is 2.21. The molecule has 0 radical (unpaired) electrons. The van der Waals surface area contributed by atoms with E-state index in [0.717, 1.165) is 17.7 Å². The summed E-state index contributed by atoms with van der Waals surface area (Å²) in [5.41, 5.74) is 2.38. The van der Waals surface area contributed by atoms with Crippen molar-refractivity contribution in [3.63, 3.8) is 0 Å². The zero-order valence-corrected chi connectivity index (χ0v) is 10.00. The second-order valence-corrected chi connectivity index (χ2v) is 3.99. The first-order valence-electron chi connectivity index (χ1n) is 5.43. The van der Waals surface area contributed by atoms with E-state index in [1.165, 1.54) is 5.56 Å². The Morgan fingerprint density at radius 2 is 2.00 bits per heavy atom. The van der Waals surface area contributed by atoms with Crippen molar-refractivity contribution in [2.24, 2.45) is 0 Å². The van der Waals surface area contributed by atoms with Crippen LogP contribution in [0.1, 0.15) is 18.4 Å². The molecule has 0 aliphatic heterocycles. The van der Waals surface area contributed by atoms with Crippen LogP contribution in [0, 0.1) is 0 Å². The maximum atomic E-state index is 5.63. The number of oxazole rings is 1. The summed E-state index contributed by atoms with van der Waals surface area (Å²) < 4.78 is 5.59. The van der Waals surface area contributed by atoms with Gasteiger partial charge in [0.25, 0.3) is 0 Å². The molecule has 1 aromatic carbocycles. The van der Waals surface area contributed by atoms with Gasteiger partial charge in [-0.1, -0.05) is 31.2 Å². The Labute approximate surface area is 100 Å². The molecular weight excluding hydrogens is 222 g/mol. The molecule has 0 bridgehead atoms. The summed E-state index contributed by atoms with van der Waals surface area (Å²) >= 11 is 5.63. The highest BCUT2D eigenvalue weighted by Gasteiger charge is 2.05. The lowest BCUT2D eigenvalue weighted by Crippen LogP contribution is -1.83. The lowest BCUT2D eigenvalue weighted by Gasteiger charge is -1.98. The smallest absolute Gasteiger partial charge is 0.196 e. The maximum Gasteiger partial charge on any atom is 0.196 e. The lowest BCUT2D eigenvalue weighted by atomic mass is 10.1. The molecular formula is C13H14ClNO. The first-order valence-corrected chi connectivity index (χ1v) is 5.97. The van der Waals surface area contributed by atoms with Crippen molar-refractivity contribution < 1.29 is 4.42 Å². The summed E-state index contributed by atoms with van der Waals surface area (Å²) in [6.07, 6.45) is 3.48. The number of halogens is 1. The average molecular weight is 236 g/mol. The fourth-order valence-corrected chi connectivity index (χ4v) is 1.71. The third-order valence-corrected chi connectivity index (χ3v) is 2.70. The minimum absolute atomic E-state index is 0.536. The first-order chi connectivity index (χ1) is 7.83. The number of hydrogen-bond acceptors (Lipinski definition) is 2. The van der Waals surface area contributed by atoms with E-state index in [0.29, 0.717) is 18.2 Å². The van der Waals surface area contributed by atoms with Crippen LogP contribution in [0.4, 0.5) is 0 Å². The van der Waals surface area contributed by atoms with Gasteiger partial charge in [0.15, 0.2) is 11.7 Å². The Morgan fingerprint density at radius 3 is 2.62 bits per heavy atom. The number of hydrogen-bond donors (Lipinski definition) is 0. The largest absolute Gasteiger partial charge is 0.441 e. The topological polar surface area (TPSA) is 26.0 Å². The number of benzene rings is 1. The fourth-order valence-electron chi connectivity index (χ4n) is 1.54. The van der Waals surface area contributed by atoms with Crippen molar-refractivity contribution in [3.05, 3.63) is 41.9 Å². The first kappa shape index (κ1) is 11.2. The van der Waals surface area contributed by atoms with Crippen LogP contribution in [-0.2, 0) is 12.8 Å². The van der Waals surface area contributed by atoms with E-state index in [-0.39, 0.29) is 0 Å². The molecule has 0 N–H and O–H groups in total. The van der Waals surface area contributed by atoms with Crippen LogP contribution in [0.5, 0.6) is 0 Å². The van der Waals surface area contributed by atoms with Crippen LogP contribution in [-0.4, -0.2) is 10.9 Å². The minimum Gasteiger partial charge on any atom is -0.441 e. The number of nitrogens with zero attached hydrogens (tertiary/aromatic N) is 1. The fraction of sp³-hybridized carbons (Fsp3) is 0.308. The zero-order valence-electron chi connectivity index (χ0n) is 9.24. The van der Waals surface area contributed by atoms with E-state index in [4.69, 9.17) is 16.0 Å². The molecule has 2 rings (SSSR count). The van der Waals surface area contributed by atoms with Gasteiger partial charge in [0.1, 0.15) is 0 Å². The van der Waals surface area contributed by atoms with Gasteiger partial charge >= 0.3 is 0 Å². The quantitative estimate of drug-likeness (QED) is 0.756. The summed E-state index contributed by atoms with van der Waals surface area (Å²) in [5.74, 6) is 2.04. The molecule has 2 nitrogen and oxygen atoms in total. The second kappa shape index (κ2) is 5.17. The van der Waals surface area contributed by atoms with Crippen LogP contribution < -0.4 is 0 Å². The van der Waals surface area contributed by atoms with Gasteiger partial charge in [0.05, 0.1) is 6.20 Å². The van der Waals surface area contributed by atoms with Gasteiger partial charge in [0, 0.05) is 17.9 Å². The molecule has 0 saturated carbocycles. The monoisotopic (exact) mass is 235 g/mol. The molecule has 0 fully saturated rings. The SMILES string of the molecule is CCc1ccc(-c2cnc(CCCl)o2)cc1. The number of rotatable bonds is 4. The molecule has 1 aromatic heterocycles. The molecule has 0 spiro atoms. The van der Waals surface area contributed by atoms with Crippen molar-refractivity contribution in [2.45, 2.75) is 19.8 Å². The third-order valence-electron chi connectivity index (χ3n) is 2.51. The highest BCUT2D eigenvalue weighted by molar-refractivity contribution is 6.17. The highest BCUT2D eigenvalue weighted by atomic mass is 35.5. The number of aromatic nitrogens is 1. The predicted molar refractivity (Wildman–Crippen MR) is 65.7 cm³/mol. The molecule has 0 unspecified atom stereocenters. The number of alkyl halides is 1. The molecule has 2 aromatic rings. The molecule has 1 heterocycles. The van der Waals surface area contributed by atoms with E-state index in [1.807, 2.05) is 0 Å². The average Bonchev–Trinajstić information content (AvgIpc) is 2.78. The van der Waals surface area contributed by atoms with Gasteiger partial charge in [-0.3, -0.25) is 0 Å². The molecule has 16 heavy (non-hydrogen) atoms. The minimum atomic E-state index is 0.536. The Balaban J connectivity index is 2.21. The maximum absolute atomic E-state index is 5.63. The lowest BCUT2D eigenvalue weighted by molar-refractivity contribution is 0.515.